The summed E-state index contributed by atoms with van der Waals surface area (Å²) in [4.78, 5) is 4.09. The molecular weight excluding hydrogens is 258 g/mol. The molecule has 0 bridgehead atoms. The van der Waals surface area contributed by atoms with E-state index in [0.717, 1.165) is 11.6 Å². The molecule has 1 fully saturated rings. The molecule has 0 aliphatic heterocycles. The van der Waals surface area contributed by atoms with Crippen LogP contribution in [0.25, 0.3) is 5.69 Å². The zero-order valence-corrected chi connectivity index (χ0v) is 13.0. The molecule has 0 radical (unpaired) electrons. The molecule has 1 aromatic heterocycles. The molecule has 3 nitrogen and oxygen atoms in total. The minimum atomic E-state index is 0.410. The molecule has 3 atom stereocenters. The van der Waals surface area contributed by atoms with E-state index in [4.69, 9.17) is 0 Å². The first kappa shape index (κ1) is 14.3. The number of aromatic nitrogens is 2. The molecule has 1 aliphatic carbocycles. The van der Waals surface area contributed by atoms with Crippen molar-refractivity contribution in [3.8, 4) is 5.69 Å². The highest BCUT2D eigenvalue weighted by molar-refractivity contribution is 5.35. The SMILES string of the molecule is CC(NC1CCCCC1C)c1ccc(-n2ccnc2)cc1. The third-order valence-corrected chi connectivity index (χ3v) is 4.77. The van der Waals surface area contributed by atoms with Gasteiger partial charge in [0.05, 0.1) is 6.33 Å². The minimum Gasteiger partial charge on any atom is -0.307 e. The fourth-order valence-corrected chi connectivity index (χ4v) is 3.33. The van der Waals surface area contributed by atoms with Crippen molar-refractivity contribution in [1.82, 2.24) is 14.9 Å². The van der Waals surface area contributed by atoms with Gasteiger partial charge >= 0.3 is 0 Å². The van der Waals surface area contributed by atoms with Crippen LogP contribution in [0.15, 0.2) is 43.0 Å². The smallest absolute Gasteiger partial charge is 0.0991 e. The van der Waals surface area contributed by atoms with Crippen LogP contribution in [0.1, 0.15) is 51.1 Å². The lowest BCUT2D eigenvalue weighted by molar-refractivity contribution is 0.263. The molecule has 1 aromatic carbocycles. The van der Waals surface area contributed by atoms with Crippen molar-refractivity contribution in [1.29, 1.82) is 0 Å². The standard InChI is InChI=1S/C18H25N3/c1-14-5-3-4-6-18(14)20-15(2)16-7-9-17(10-8-16)21-12-11-19-13-21/h7-15,18,20H,3-6H2,1-2H3. The highest BCUT2D eigenvalue weighted by Crippen LogP contribution is 2.26. The molecule has 0 spiro atoms. The maximum absolute atomic E-state index is 4.09. The average Bonchev–Trinajstić information content (AvgIpc) is 3.04. The Morgan fingerprint density at radius 1 is 1.19 bits per heavy atom. The van der Waals surface area contributed by atoms with Crippen LogP contribution in [0, 0.1) is 5.92 Å². The summed E-state index contributed by atoms with van der Waals surface area (Å²) in [7, 11) is 0. The number of rotatable bonds is 4. The Morgan fingerprint density at radius 2 is 1.95 bits per heavy atom. The highest BCUT2D eigenvalue weighted by Gasteiger charge is 2.22. The van der Waals surface area contributed by atoms with Gasteiger partial charge in [0.2, 0.25) is 0 Å². The van der Waals surface area contributed by atoms with Gasteiger partial charge in [0.25, 0.3) is 0 Å². The monoisotopic (exact) mass is 283 g/mol. The maximum Gasteiger partial charge on any atom is 0.0991 e. The quantitative estimate of drug-likeness (QED) is 0.915. The van der Waals surface area contributed by atoms with E-state index < -0.39 is 0 Å². The lowest BCUT2D eigenvalue weighted by atomic mass is 9.85. The van der Waals surface area contributed by atoms with Gasteiger partial charge in [0.15, 0.2) is 0 Å². The van der Waals surface area contributed by atoms with E-state index in [1.165, 1.54) is 31.2 Å². The van der Waals surface area contributed by atoms with Crippen molar-refractivity contribution >= 4 is 0 Å². The normalized spacial score (nSPS) is 23.9. The number of nitrogens with zero attached hydrogens (tertiary/aromatic N) is 2. The van der Waals surface area contributed by atoms with Crippen LogP contribution in [0.2, 0.25) is 0 Å². The van der Waals surface area contributed by atoms with E-state index in [9.17, 15) is 0 Å². The van der Waals surface area contributed by atoms with Gasteiger partial charge < -0.3 is 9.88 Å². The number of benzene rings is 1. The van der Waals surface area contributed by atoms with Crippen LogP contribution >= 0.6 is 0 Å². The third kappa shape index (κ3) is 3.35. The van der Waals surface area contributed by atoms with E-state index in [0.29, 0.717) is 12.1 Å². The van der Waals surface area contributed by atoms with Crippen molar-refractivity contribution in [3.63, 3.8) is 0 Å². The van der Waals surface area contributed by atoms with Crippen LogP contribution in [-0.4, -0.2) is 15.6 Å². The lowest BCUT2D eigenvalue weighted by Crippen LogP contribution is -2.38. The first-order valence-electron chi connectivity index (χ1n) is 8.08. The summed E-state index contributed by atoms with van der Waals surface area (Å²) in [6.45, 7) is 4.65. The van der Waals surface area contributed by atoms with Gasteiger partial charge in [-0.2, -0.15) is 0 Å². The summed E-state index contributed by atoms with van der Waals surface area (Å²) < 4.78 is 2.03. The van der Waals surface area contributed by atoms with Crippen molar-refractivity contribution in [2.75, 3.05) is 0 Å². The van der Waals surface area contributed by atoms with E-state index in [1.807, 2.05) is 23.3 Å². The number of nitrogens with one attached hydrogen (secondary N) is 1. The van der Waals surface area contributed by atoms with Gasteiger partial charge in [-0.15, -0.1) is 0 Å². The first-order valence-corrected chi connectivity index (χ1v) is 8.08. The van der Waals surface area contributed by atoms with Gasteiger partial charge in [-0.1, -0.05) is 31.9 Å². The van der Waals surface area contributed by atoms with E-state index in [2.05, 4.69) is 48.4 Å². The molecular formula is C18H25N3. The Labute approximate surface area is 127 Å². The fraction of sp³-hybridized carbons (Fsp3) is 0.500. The van der Waals surface area contributed by atoms with Crippen LogP contribution < -0.4 is 5.32 Å². The predicted octanol–water partition coefficient (Wildman–Crippen LogP) is 4.10. The molecule has 1 aliphatic rings. The zero-order valence-electron chi connectivity index (χ0n) is 13.0. The van der Waals surface area contributed by atoms with E-state index in [-0.39, 0.29) is 0 Å². The van der Waals surface area contributed by atoms with Crippen LogP contribution in [0.5, 0.6) is 0 Å². The minimum absolute atomic E-state index is 0.410. The Morgan fingerprint density at radius 3 is 2.62 bits per heavy atom. The predicted molar refractivity (Wildman–Crippen MR) is 86.5 cm³/mol. The van der Waals surface area contributed by atoms with E-state index >= 15 is 0 Å². The lowest BCUT2D eigenvalue weighted by Gasteiger charge is -2.32. The third-order valence-electron chi connectivity index (χ3n) is 4.77. The van der Waals surface area contributed by atoms with E-state index in [1.54, 1.807) is 0 Å². The summed E-state index contributed by atoms with van der Waals surface area (Å²) >= 11 is 0. The highest BCUT2D eigenvalue weighted by atomic mass is 15.0. The van der Waals surface area contributed by atoms with Gasteiger partial charge in [0, 0.05) is 30.2 Å². The summed E-state index contributed by atoms with van der Waals surface area (Å²) in [5.41, 5.74) is 2.52. The Kier molecular flexibility index (Phi) is 4.39. The second-order valence-corrected chi connectivity index (χ2v) is 6.32. The Bertz CT molecular complexity index is 544. The molecule has 0 amide bonds. The summed E-state index contributed by atoms with van der Waals surface area (Å²) in [5, 5.41) is 3.82. The van der Waals surface area contributed by atoms with Crippen LogP contribution in [-0.2, 0) is 0 Å². The van der Waals surface area contributed by atoms with Crippen LogP contribution in [0.4, 0.5) is 0 Å². The molecule has 21 heavy (non-hydrogen) atoms. The van der Waals surface area contributed by atoms with Gasteiger partial charge in [-0.05, 0) is 43.4 Å². The summed E-state index contributed by atoms with van der Waals surface area (Å²) in [5.74, 6) is 0.798. The summed E-state index contributed by atoms with van der Waals surface area (Å²) in [6, 6.07) is 9.86. The first-order chi connectivity index (χ1) is 10.2. The fourth-order valence-electron chi connectivity index (χ4n) is 3.33. The molecule has 1 N–H and O–H groups in total. The molecule has 3 unspecified atom stereocenters. The van der Waals surface area contributed by atoms with Gasteiger partial charge in [-0.3, -0.25) is 0 Å². The number of hydrogen-bond acceptors (Lipinski definition) is 2. The van der Waals surface area contributed by atoms with Crippen LogP contribution in [0.3, 0.4) is 0 Å². The van der Waals surface area contributed by atoms with Gasteiger partial charge in [-0.25, -0.2) is 4.98 Å². The molecule has 1 heterocycles. The molecule has 3 heteroatoms. The average molecular weight is 283 g/mol. The number of hydrogen-bond donors (Lipinski definition) is 1. The molecule has 0 saturated heterocycles. The molecule has 3 rings (SSSR count). The van der Waals surface area contributed by atoms with Crippen molar-refractivity contribution in [2.45, 2.75) is 51.6 Å². The largest absolute Gasteiger partial charge is 0.307 e. The number of imidazole rings is 1. The van der Waals surface area contributed by atoms with Crippen molar-refractivity contribution in [3.05, 3.63) is 48.5 Å². The topological polar surface area (TPSA) is 29.9 Å². The molecule has 112 valence electrons. The summed E-state index contributed by atoms with van der Waals surface area (Å²) in [6.07, 6.45) is 11.1. The zero-order chi connectivity index (χ0) is 14.7. The van der Waals surface area contributed by atoms with Crippen molar-refractivity contribution < 1.29 is 0 Å². The second kappa shape index (κ2) is 6.44. The Balaban J connectivity index is 1.66. The maximum atomic E-state index is 4.09. The van der Waals surface area contributed by atoms with Gasteiger partial charge in [0.1, 0.15) is 0 Å². The second-order valence-electron chi connectivity index (χ2n) is 6.32. The Hall–Kier alpha value is -1.61. The molecule has 1 saturated carbocycles. The molecule has 2 aromatic rings. The van der Waals surface area contributed by atoms with Crippen molar-refractivity contribution in [2.24, 2.45) is 5.92 Å².